The van der Waals surface area contributed by atoms with Crippen LogP contribution in [0.3, 0.4) is 0 Å². The number of sulfonamides is 1. The molecule has 0 atom stereocenters. The van der Waals surface area contributed by atoms with E-state index in [4.69, 9.17) is 10.5 Å². The van der Waals surface area contributed by atoms with Crippen molar-refractivity contribution in [2.24, 2.45) is 5.73 Å². The Balaban J connectivity index is 1.88. The van der Waals surface area contributed by atoms with E-state index < -0.39 is 10.0 Å². The third kappa shape index (κ3) is 4.41. The third-order valence-corrected chi connectivity index (χ3v) is 6.23. The largest absolute Gasteiger partial charge is 0.381 e. The molecule has 2 fully saturated rings. The van der Waals surface area contributed by atoms with E-state index in [1.807, 2.05) is 0 Å². The van der Waals surface area contributed by atoms with Gasteiger partial charge >= 0.3 is 0 Å². The predicted molar refractivity (Wildman–Crippen MR) is 75.4 cm³/mol. The standard InChI is InChI=1S/C13H26N2O3S/c14-13(7-3-1-2-4-8-13)11-15-19(16,17)12-5-9-18-10-6-12/h12,15H,1-11,14H2. The molecule has 0 amide bonds. The summed E-state index contributed by atoms with van der Waals surface area (Å²) in [7, 11) is -3.24. The van der Waals surface area contributed by atoms with Crippen molar-refractivity contribution >= 4 is 10.0 Å². The van der Waals surface area contributed by atoms with Gasteiger partial charge in [-0.3, -0.25) is 0 Å². The normalized spacial score (nSPS) is 25.9. The highest BCUT2D eigenvalue weighted by atomic mass is 32.2. The first kappa shape index (κ1) is 15.2. The van der Waals surface area contributed by atoms with Crippen LogP contribution in [0.2, 0.25) is 0 Å². The van der Waals surface area contributed by atoms with Gasteiger partial charge in [0.05, 0.1) is 5.25 Å². The zero-order valence-electron chi connectivity index (χ0n) is 11.6. The Morgan fingerprint density at radius 1 is 1.11 bits per heavy atom. The van der Waals surface area contributed by atoms with Gasteiger partial charge in [-0.25, -0.2) is 13.1 Å². The van der Waals surface area contributed by atoms with Crippen LogP contribution >= 0.6 is 0 Å². The van der Waals surface area contributed by atoms with E-state index in [0.29, 0.717) is 32.6 Å². The summed E-state index contributed by atoms with van der Waals surface area (Å²) in [4.78, 5) is 0. The van der Waals surface area contributed by atoms with Gasteiger partial charge in [0.25, 0.3) is 0 Å². The lowest BCUT2D eigenvalue weighted by Gasteiger charge is -2.30. The number of nitrogens with one attached hydrogen (secondary N) is 1. The van der Waals surface area contributed by atoms with Gasteiger partial charge in [0.1, 0.15) is 0 Å². The Morgan fingerprint density at radius 2 is 1.68 bits per heavy atom. The zero-order chi connectivity index (χ0) is 13.8. The molecule has 2 aliphatic rings. The van der Waals surface area contributed by atoms with Crippen molar-refractivity contribution in [1.29, 1.82) is 0 Å². The minimum atomic E-state index is -3.24. The molecule has 0 aromatic heterocycles. The average Bonchev–Trinajstić information content (AvgIpc) is 2.63. The Labute approximate surface area is 116 Å². The predicted octanol–water partition coefficient (Wildman–Crippen LogP) is 1.14. The minimum absolute atomic E-state index is 0.310. The number of ether oxygens (including phenoxy) is 1. The highest BCUT2D eigenvalue weighted by Crippen LogP contribution is 2.25. The van der Waals surface area contributed by atoms with Crippen LogP contribution in [0.1, 0.15) is 51.4 Å². The van der Waals surface area contributed by atoms with Gasteiger partial charge in [-0.15, -0.1) is 0 Å². The summed E-state index contributed by atoms with van der Waals surface area (Å²) in [6.45, 7) is 1.46. The molecular formula is C13H26N2O3S. The molecule has 1 aliphatic carbocycles. The van der Waals surface area contributed by atoms with Crippen molar-refractivity contribution in [2.45, 2.75) is 62.2 Å². The summed E-state index contributed by atoms with van der Waals surface area (Å²) in [6, 6.07) is 0. The summed E-state index contributed by atoms with van der Waals surface area (Å²) in [5.74, 6) is 0. The maximum absolute atomic E-state index is 12.2. The molecule has 112 valence electrons. The zero-order valence-corrected chi connectivity index (χ0v) is 12.4. The highest BCUT2D eigenvalue weighted by Gasteiger charge is 2.32. The van der Waals surface area contributed by atoms with Gasteiger partial charge in [0.15, 0.2) is 0 Å². The number of nitrogens with two attached hydrogens (primary N) is 1. The monoisotopic (exact) mass is 290 g/mol. The molecule has 1 aliphatic heterocycles. The fraction of sp³-hybridized carbons (Fsp3) is 1.00. The van der Waals surface area contributed by atoms with E-state index in [1.54, 1.807) is 0 Å². The van der Waals surface area contributed by atoms with Crippen LogP contribution in [-0.4, -0.2) is 39.0 Å². The van der Waals surface area contributed by atoms with Crippen molar-refractivity contribution in [2.75, 3.05) is 19.8 Å². The van der Waals surface area contributed by atoms with Crippen LogP contribution in [0, 0.1) is 0 Å². The molecule has 2 rings (SSSR count). The van der Waals surface area contributed by atoms with Crippen molar-refractivity contribution in [1.82, 2.24) is 4.72 Å². The summed E-state index contributed by atoms with van der Waals surface area (Å²) in [5.41, 5.74) is 5.99. The number of hydrogen-bond acceptors (Lipinski definition) is 4. The summed E-state index contributed by atoms with van der Waals surface area (Å²) in [5, 5.41) is -0.310. The van der Waals surface area contributed by atoms with Crippen molar-refractivity contribution in [3.8, 4) is 0 Å². The van der Waals surface area contributed by atoms with Crippen LogP contribution in [0.5, 0.6) is 0 Å². The van der Waals surface area contributed by atoms with Gasteiger partial charge in [0.2, 0.25) is 10.0 Å². The maximum atomic E-state index is 12.2. The van der Waals surface area contributed by atoms with Crippen LogP contribution in [-0.2, 0) is 14.8 Å². The first-order valence-electron chi connectivity index (χ1n) is 7.37. The SMILES string of the molecule is NC1(CNS(=O)(=O)C2CCOCC2)CCCCCC1. The molecule has 1 saturated heterocycles. The summed E-state index contributed by atoms with van der Waals surface area (Å²) < 4.78 is 32.4. The molecule has 1 heterocycles. The molecule has 5 nitrogen and oxygen atoms in total. The second-order valence-electron chi connectivity index (χ2n) is 5.95. The Hall–Kier alpha value is -0.170. The van der Waals surface area contributed by atoms with E-state index >= 15 is 0 Å². The fourth-order valence-corrected chi connectivity index (χ4v) is 4.50. The van der Waals surface area contributed by atoms with E-state index in [0.717, 1.165) is 25.7 Å². The maximum Gasteiger partial charge on any atom is 0.214 e. The lowest BCUT2D eigenvalue weighted by molar-refractivity contribution is 0.0981. The molecule has 0 spiro atoms. The van der Waals surface area contributed by atoms with E-state index in [-0.39, 0.29) is 10.8 Å². The third-order valence-electron chi connectivity index (χ3n) is 4.33. The fourth-order valence-electron chi connectivity index (χ4n) is 2.96. The quantitative estimate of drug-likeness (QED) is 0.761. The lowest BCUT2D eigenvalue weighted by atomic mass is 9.92. The van der Waals surface area contributed by atoms with Crippen LogP contribution in [0.15, 0.2) is 0 Å². The minimum Gasteiger partial charge on any atom is -0.381 e. The van der Waals surface area contributed by atoms with Gasteiger partial charge in [-0.2, -0.15) is 0 Å². The van der Waals surface area contributed by atoms with E-state index in [9.17, 15) is 8.42 Å². The smallest absolute Gasteiger partial charge is 0.214 e. The second kappa shape index (κ2) is 6.52. The molecule has 0 radical (unpaired) electrons. The van der Waals surface area contributed by atoms with Gasteiger partial charge in [0, 0.05) is 25.3 Å². The van der Waals surface area contributed by atoms with Crippen LogP contribution < -0.4 is 10.5 Å². The number of hydrogen-bond donors (Lipinski definition) is 2. The summed E-state index contributed by atoms with van der Waals surface area (Å²) >= 11 is 0. The summed E-state index contributed by atoms with van der Waals surface area (Å²) in [6.07, 6.45) is 7.66. The second-order valence-corrected chi connectivity index (χ2v) is 8.00. The topological polar surface area (TPSA) is 81.4 Å². The Bertz CT molecular complexity index is 369. The Morgan fingerprint density at radius 3 is 2.26 bits per heavy atom. The molecular weight excluding hydrogens is 264 g/mol. The van der Waals surface area contributed by atoms with Crippen molar-refractivity contribution < 1.29 is 13.2 Å². The van der Waals surface area contributed by atoms with Crippen LogP contribution in [0.4, 0.5) is 0 Å². The van der Waals surface area contributed by atoms with Crippen LogP contribution in [0.25, 0.3) is 0 Å². The molecule has 1 saturated carbocycles. The van der Waals surface area contributed by atoms with Crippen molar-refractivity contribution in [3.05, 3.63) is 0 Å². The molecule has 19 heavy (non-hydrogen) atoms. The van der Waals surface area contributed by atoms with Gasteiger partial charge < -0.3 is 10.5 Å². The highest BCUT2D eigenvalue weighted by molar-refractivity contribution is 7.90. The van der Waals surface area contributed by atoms with E-state index in [1.165, 1.54) is 12.8 Å². The molecule has 0 unspecified atom stereocenters. The van der Waals surface area contributed by atoms with Gasteiger partial charge in [-0.1, -0.05) is 25.7 Å². The lowest BCUT2D eigenvalue weighted by Crippen LogP contribution is -2.51. The van der Waals surface area contributed by atoms with E-state index in [2.05, 4.69) is 4.72 Å². The molecule has 0 aromatic carbocycles. The molecule has 0 aromatic rings. The molecule has 3 N–H and O–H groups in total. The molecule has 6 heteroatoms. The average molecular weight is 290 g/mol. The number of rotatable bonds is 4. The molecule has 0 bridgehead atoms. The first-order chi connectivity index (χ1) is 9.02. The Kier molecular flexibility index (Phi) is 5.22. The van der Waals surface area contributed by atoms with Gasteiger partial charge in [-0.05, 0) is 25.7 Å². The van der Waals surface area contributed by atoms with Crippen molar-refractivity contribution in [3.63, 3.8) is 0 Å². The first-order valence-corrected chi connectivity index (χ1v) is 8.92.